The number of aromatic nitrogens is 2. The largest absolute Gasteiger partial charge is 0.466 e. The summed E-state index contributed by atoms with van der Waals surface area (Å²) in [7, 11) is 0. The van der Waals surface area contributed by atoms with Crippen molar-refractivity contribution < 1.29 is 9.21 Å². The number of hydrogen-bond acceptors (Lipinski definition) is 3. The third-order valence-electron chi connectivity index (χ3n) is 4.26. The van der Waals surface area contributed by atoms with Gasteiger partial charge in [-0.2, -0.15) is 0 Å². The molecule has 0 saturated heterocycles. The van der Waals surface area contributed by atoms with E-state index in [4.69, 9.17) is 4.42 Å². The quantitative estimate of drug-likeness (QED) is 0.911. The standard InChI is InChI=1S/C17H24N4O2/c1-12-8-13-14(9-17(2,3)10-15(13)23-12)20-16(22)19-5-7-21-6-4-18-11-21/h4,6,8,11,14H,5,7,9-10H2,1-3H3,(H2,19,20,22). The lowest BCUT2D eigenvalue weighted by Gasteiger charge is -2.34. The van der Waals surface area contributed by atoms with Crippen LogP contribution in [0.25, 0.3) is 0 Å². The molecule has 0 saturated carbocycles. The van der Waals surface area contributed by atoms with Crippen LogP contribution in [0, 0.1) is 12.3 Å². The van der Waals surface area contributed by atoms with Crippen molar-refractivity contribution in [3.8, 4) is 0 Å². The lowest BCUT2D eigenvalue weighted by molar-refractivity contribution is 0.214. The second kappa shape index (κ2) is 6.10. The fourth-order valence-corrected chi connectivity index (χ4v) is 3.24. The highest BCUT2D eigenvalue weighted by molar-refractivity contribution is 5.74. The molecule has 1 unspecified atom stereocenters. The van der Waals surface area contributed by atoms with Crippen LogP contribution in [0.5, 0.6) is 0 Å². The summed E-state index contributed by atoms with van der Waals surface area (Å²) in [5, 5.41) is 5.99. The minimum Gasteiger partial charge on any atom is -0.466 e. The number of furan rings is 1. The number of hydrogen-bond donors (Lipinski definition) is 2. The summed E-state index contributed by atoms with van der Waals surface area (Å²) >= 11 is 0. The van der Waals surface area contributed by atoms with Crippen LogP contribution in [-0.2, 0) is 13.0 Å². The highest BCUT2D eigenvalue weighted by atomic mass is 16.3. The van der Waals surface area contributed by atoms with Gasteiger partial charge in [0.1, 0.15) is 11.5 Å². The average Bonchev–Trinajstić information content (AvgIpc) is 3.06. The van der Waals surface area contributed by atoms with E-state index in [0.717, 1.165) is 29.9 Å². The molecule has 1 atom stereocenters. The molecule has 2 N–H and O–H groups in total. The fraction of sp³-hybridized carbons (Fsp3) is 0.529. The average molecular weight is 316 g/mol. The maximum Gasteiger partial charge on any atom is 0.315 e. The van der Waals surface area contributed by atoms with E-state index in [1.807, 2.05) is 23.8 Å². The summed E-state index contributed by atoms with van der Waals surface area (Å²) in [6.45, 7) is 7.64. The molecule has 2 aromatic rings. The number of nitrogens with one attached hydrogen (secondary N) is 2. The minimum atomic E-state index is -0.141. The number of carbonyl (C=O) groups excluding carboxylic acids is 1. The van der Waals surface area contributed by atoms with Crippen LogP contribution in [0.2, 0.25) is 0 Å². The van der Waals surface area contributed by atoms with Gasteiger partial charge in [-0.05, 0) is 24.8 Å². The molecule has 124 valence electrons. The number of urea groups is 1. The number of amides is 2. The van der Waals surface area contributed by atoms with Gasteiger partial charge < -0.3 is 19.6 Å². The summed E-state index contributed by atoms with van der Waals surface area (Å²) in [4.78, 5) is 16.2. The maximum atomic E-state index is 12.2. The second-order valence-electron chi connectivity index (χ2n) is 7.03. The Bertz CT molecular complexity index is 673. The Hall–Kier alpha value is -2.24. The van der Waals surface area contributed by atoms with Gasteiger partial charge in [0.25, 0.3) is 0 Å². The molecule has 0 aromatic carbocycles. The second-order valence-corrected chi connectivity index (χ2v) is 7.03. The molecule has 3 rings (SSSR count). The molecule has 6 heteroatoms. The van der Waals surface area contributed by atoms with Crippen molar-refractivity contribution in [2.24, 2.45) is 5.41 Å². The maximum absolute atomic E-state index is 12.2. The first-order valence-corrected chi connectivity index (χ1v) is 8.02. The molecule has 1 aliphatic carbocycles. The van der Waals surface area contributed by atoms with E-state index >= 15 is 0 Å². The molecule has 0 spiro atoms. The topological polar surface area (TPSA) is 72.1 Å². The molecule has 6 nitrogen and oxygen atoms in total. The summed E-state index contributed by atoms with van der Waals surface area (Å²) in [5.41, 5.74) is 1.23. The lowest BCUT2D eigenvalue weighted by Crippen LogP contribution is -2.42. The van der Waals surface area contributed by atoms with Crippen molar-refractivity contribution in [1.82, 2.24) is 20.2 Å². The van der Waals surface area contributed by atoms with Crippen LogP contribution in [0.3, 0.4) is 0 Å². The van der Waals surface area contributed by atoms with Crippen LogP contribution in [0.15, 0.2) is 29.2 Å². The molecule has 2 heterocycles. The van der Waals surface area contributed by atoms with Gasteiger partial charge in [-0.3, -0.25) is 0 Å². The summed E-state index contributed by atoms with van der Waals surface area (Å²) in [6.07, 6.45) is 7.17. The number of aryl methyl sites for hydroxylation is 1. The van der Waals surface area contributed by atoms with Crippen LogP contribution in [0.4, 0.5) is 4.79 Å². The van der Waals surface area contributed by atoms with E-state index in [0.29, 0.717) is 13.1 Å². The Morgan fingerprint density at radius 2 is 2.35 bits per heavy atom. The van der Waals surface area contributed by atoms with Crippen molar-refractivity contribution in [3.05, 3.63) is 41.9 Å². The Kier molecular flexibility index (Phi) is 4.15. The van der Waals surface area contributed by atoms with Crippen molar-refractivity contribution in [3.63, 3.8) is 0 Å². The third kappa shape index (κ3) is 3.75. The summed E-state index contributed by atoms with van der Waals surface area (Å²) < 4.78 is 7.73. The van der Waals surface area contributed by atoms with E-state index in [9.17, 15) is 4.79 Å². The zero-order valence-electron chi connectivity index (χ0n) is 13.9. The van der Waals surface area contributed by atoms with Crippen LogP contribution in [-0.4, -0.2) is 22.1 Å². The smallest absolute Gasteiger partial charge is 0.315 e. The van der Waals surface area contributed by atoms with Gasteiger partial charge in [0.05, 0.1) is 12.4 Å². The fourth-order valence-electron chi connectivity index (χ4n) is 3.24. The molecule has 2 aromatic heterocycles. The normalized spacial score (nSPS) is 19.2. The molecular weight excluding hydrogens is 292 g/mol. The highest BCUT2D eigenvalue weighted by Crippen LogP contribution is 2.41. The Morgan fingerprint density at radius 3 is 3.09 bits per heavy atom. The van der Waals surface area contributed by atoms with Gasteiger partial charge in [0.2, 0.25) is 0 Å². The molecule has 0 fully saturated rings. The van der Waals surface area contributed by atoms with Gasteiger partial charge in [-0.15, -0.1) is 0 Å². The number of rotatable bonds is 4. The van der Waals surface area contributed by atoms with E-state index in [-0.39, 0.29) is 17.5 Å². The van der Waals surface area contributed by atoms with Gasteiger partial charge in [-0.1, -0.05) is 13.8 Å². The number of nitrogens with zero attached hydrogens (tertiary/aromatic N) is 2. The van der Waals surface area contributed by atoms with Crippen molar-refractivity contribution >= 4 is 6.03 Å². The molecule has 1 aliphatic rings. The monoisotopic (exact) mass is 316 g/mol. The SMILES string of the molecule is Cc1cc2c(o1)CC(C)(C)CC2NC(=O)NCCn1ccnc1. The molecular formula is C17H24N4O2. The van der Waals surface area contributed by atoms with E-state index < -0.39 is 0 Å². The number of carbonyl (C=O) groups is 1. The van der Waals surface area contributed by atoms with Crippen molar-refractivity contribution in [2.75, 3.05) is 6.54 Å². The summed E-state index contributed by atoms with van der Waals surface area (Å²) in [6, 6.07) is 1.90. The number of imidazole rings is 1. The van der Waals surface area contributed by atoms with Gasteiger partial charge >= 0.3 is 6.03 Å². The molecule has 2 amide bonds. The Morgan fingerprint density at radius 1 is 1.52 bits per heavy atom. The van der Waals surface area contributed by atoms with Crippen LogP contribution >= 0.6 is 0 Å². The van der Waals surface area contributed by atoms with Crippen molar-refractivity contribution in [1.29, 1.82) is 0 Å². The van der Waals surface area contributed by atoms with Crippen LogP contribution in [0.1, 0.15) is 43.4 Å². The zero-order chi connectivity index (χ0) is 16.4. The summed E-state index contributed by atoms with van der Waals surface area (Å²) in [5.74, 6) is 1.91. The van der Waals surface area contributed by atoms with Gasteiger partial charge in [0.15, 0.2) is 0 Å². The highest BCUT2D eigenvalue weighted by Gasteiger charge is 2.35. The Balaban J connectivity index is 1.59. The molecule has 23 heavy (non-hydrogen) atoms. The number of fused-ring (bicyclic) bond motifs is 1. The van der Waals surface area contributed by atoms with Gasteiger partial charge in [-0.25, -0.2) is 9.78 Å². The zero-order valence-corrected chi connectivity index (χ0v) is 13.9. The first kappa shape index (κ1) is 15.6. The molecule has 0 bridgehead atoms. The molecule has 0 aliphatic heterocycles. The van der Waals surface area contributed by atoms with Crippen LogP contribution < -0.4 is 10.6 Å². The van der Waals surface area contributed by atoms with Gasteiger partial charge in [0, 0.05) is 37.5 Å². The van der Waals surface area contributed by atoms with E-state index in [1.54, 1.807) is 12.5 Å². The van der Waals surface area contributed by atoms with E-state index in [2.05, 4.69) is 29.5 Å². The first-order chi connectivity index (χ1) is 10.9. The minimum absolute atomic E-state index is 0.000514. The third-order valence-corrected chi connectivity index (χ3v) is 4.26. The van der Waals surface area contributed by atoms with Crippen molar-refractivity contribution in [2.45, 2.75) is 46.2 Å². The first-order valence-electron chi connectivity index (χ1n) is 8.02. The van der Waals surface area contributed by atoms with E-state index in [1.165, 1.54) is 0 Å². The Labute approximate surface area is 136 Å². The molecule has 0 radical (unpaired) electrons. The predicted molar refractivity (Wildman–Crippen MR) is 87.0 cm³/mol. The lowest BCUT2D eigenvalue weighted by atomic mass is 9.75. The predicted octanol–water partition coefficient (Wildman–Crippen LogP) is 2.80.